The third-order valence-electron chi connectivity index (χ3n) is 5.00. The molecule has 0 amide bonds. The van der Waals surface area contributed by atoms with Crippen molar-refractivity contribution in [2.24, 2.45) is 17.8 Å². The van der Waals surface area contributed by atoms with Crippen molar-refractivity contribution in [3.8, 4) is 0 Å². The van der Waals surface area contributed by atoms with E-state index in [0.717, 1.165) is 36.6 Å². The standard InChI is InChI=1S/C15H29NO/c1-11-4-3-5-12(2)15(11)16-10-13-6-8-14(17)9-7-13/h11-17H,3-10H2,1-2H3. The zero-order chi connectivity index (χ0) is 12.3. The number of aliphatic hydroxyl groups excluding tert-OH is 1. The van der Waals surface area contributed by atoms with E-state index < -0.39 is 0 Å². The zero-order valence-electron chi connectivity index (χ0n) is 11.5. The van der Waals surface area contributed by atoms with E-state index in [-0.39, 0.29) is 6.10 Å². The summed E-state index contributed by atoms with van der Waals surface area (Å²) in [6.45, 7) is 5.97. The van der Waals surface area contributed by atoms with E-state index in [1.807, 2.05) is 0 Å². The van der Waals surface area contributed by atoms with Crippen LogP contribution in [0.3, 0.4) is 0 Å². The van der Waals surface area contributed by atoms with Crippen LogP contribution in [0.15, 0.2) is 0 Å². The fraction of sp³-hybridized carbons (Fsp3) is 1.00. The Labute approximate surface area is 106 Å². The van der Waals surface area contributed by atoms with E-state index in [4.69, 9.17) is 0 Å². The normalized spacial score (nSPS) is 43.6. The van der Waals surface area contributed by atoms with Crippen LogP contribution < -0.4 is 5.32 Å². The van der Waals surface area contributed by atoms with Crippen LogP contribution in [0, 0.1) is 17.8 Å². The van der Waals surface area contributed by atoms with Gasteiger partial charge in [0.2, 0.25) is 0 Å². The van der Waals surface area contributed by atoms with Gasteiger partial charge in [-0.05, 0) is 62.8 Å². The second-order valence-corrected chi connectivity index (χ2v) is 6.49. The minimum atomic E-state index is -0.0150. The van der Waals surface area contributed by atoms with Crippen molar-refractivity contribution in [3.63, 3.8) is 0 Å². The topological polar surface area (TPSA) is 32.3 Å². The predicted molar refractivity (Wildman–Crippen MR) is 71.9 cm³/mol. The molecule has 0 spiro atoms. The molecule has 2 rings (SSSR count). The number of hydrogen-bond donors (Lipinski definition) is 2. The molecule has 2 nitrogen and oxygen atoms in total. The molecule has 100 valence electrons. The van der Waals surface area contributed by atoms with Gasteiger partial charge in [-0.15, -0.1) is 0 Å². The SMILES string of the molecule is CC1CCCC(C)C1NCC1CCC(O)CC1. The van der Waals surface area contributed by atoms with E-state index in [9.17, 15) is 5.11 Å². The molecule has 0 aromatic carbocycles. The van der Waals surface area contributed by atoms with Crippen molar-refractivity contribution in [1.82, 2.24) is 5.32 Å². The summed E-state index contributed by atoms with van der Waals surface area (Å²) in [6, 6.07) is 0.732. The molecule has 2 N–H and O–H groups in total. The lowest BCUT2D eigenvalue weighted by Gasteiger charge is -2.37. The van der Waals surface area contributed by atoms with Gasteiger partial charge in [0.1, 0.15) is 0 Å². The third-order valence-corrected chi connectivity index (χ3v) is 5.00. The average molecular weight is 239 g/mol. The highest BCUT2D eigenvalue weighted by molar-refractivity contribution is 4.84. The molecular weight excluding hydrogens is 210 g/mol. The highest BCUT2D eigenvalue weighted by Crippen LogP contribution is 2.30. The van der Waals surface area contributed by atoms with Gasteiger partial charge in [-0.25, -0.2) is 0 Å². The van der Waals surface area contributed by atoms with Crippen LogP contribution in [0.2, 0.25) is 0 Å². The first-order valence-corrected chi connectivity index (χ1v) is 7.58. The van der Waals surface area contributed by atoms with Crippen LogP contribution in [-0.4, -0.2) is 23.8 Å². The van der Waals surface area contributed by atoms with Crippen molar-refractivity contribution in [2.45, 2.75) is 70.9 Å². The van der Waals surface area contributed by atoms with Crippen LogP contribution in [0.1, 0.15) is 58.8 Å². The number of rotatable bonds is 3. The summed E-state index contributed by atoms with van der Waals surface area (Å²) in [5.41, 5.74) is 0. The van der Waals surface area contributed by atoms with Crippen molar-refractivity contribution in [1.29, 1.82) is 0 Å². The Kier molecular flexibility index (Phi) is 4.87. The highest BCUT2D eigenvalue weighted by Gasteiger charge is 2.28. The predicted octanol–water partition coefficient (Wildman–Crippen LogP) is 2.95. The lowest BCUT2D eigenvalue weighted by atomic mass is 9.78. The molecule has 2 atom stereocenters. The van der Waals surface area contributed by atoms with Gasteiger partial charge in [0, 0.05) is 6.04 Å². The summed E-state index contributed by atoms with van der Waals surface area (Å²) in [4.78, 5) is 0. The smallest absolute Gasteiger partial charge is 0.0540 e. The number of nitrogens with one attached hydrogen (secondary N) is 1. The summed E-state index contributed by atoms with van der Waals surface area (Å²) < 4.78 is 0. The van der Waals surface area contributed by atoms with E-state index in [1.165, 1.54) is 38.6 Å². The second kappa shape index (κ2) is 6.19. The third kappa shape index (κ3) is 3.69. The number of hydrogen-bond acceptors (Lipinski definition) is 2. The fourth-order valence-electron chi connectivity index (χ4n) is 3.74. The lowest BCUT2D eigenvalue weighted by Crippen LogP contribution is -2.45. The minimum absolute atomic E-state index is 0.0150. The molecule has 2 heteroatoms. The largest absolute Gasteiger partial charge is 0.393 e. The average Bonchev–Trinajstić information content (AvgIpc) is 2.31. The van der Waals surface area contributed by atoms with Crippen LogP contribution >= 0.6 is 0 Å². The number of aliphatic hydroxyl groups is 1. The van der Waals surface area contributed by atoms with Gasteiger partial charge in [0.05, 0.1) is 6.10 Å². The Morgan fingerprint density at radius 1 is 0.941 bits per heavy atom. The summed E-state index contributed by atoms with van der Waals surface area (Å²) in [6.07, 6.45) is 8.64. The van der Waals surface area contributed by atoms with Crippen LogP contribution in [-0.2, 0) is 0 Å². The van der Waals surface area contributed by atoms with E-state index in [2.05, 4.69) is 19.2 Å². The monoisotopic (exact) mass is 239 g/mol. The molecule has 0 saturated heterocycles. The molecule has 2 fully saturated rings. The Morgan fingerprint density at radius 2 is 1.53 bits per heavy atom. The molecule has 0 radical (unpaired) electrons. The summed E-state index contributed by atoms with van der Waals surface area (Å²) in [5, 5.41) is 13.3. The first-order chi connectivity index (χ1) is 8.16. The van der Waals surface area contributed by atoms with Gasteiger partial charge in [0.25, 0.3) is 0 Å². The Morgan fingerprint density at radius 3 is 2.12 bits per heavy atom. The van der Waals surface area contributed by atoms with Gasteiger partial charge in [-0.2, -0.15) is 0 Å². The van der Waals surface area contributed by atoms with Crippen molar-refractivity contribution in [2.75, 3.05) is 6.54 Å². The lowest BCUT2D eigenvalue weighted by molar-refractivity contribution is 0.104. The molecule has 2 unspecified atom stereocenters. The fourth-order valence-corrected chi connectivity index (χ4v) is 3.74. The first kappa shape index (κ1) is 13.4. The summed E-state index contributed by atoms with van der Waals surface area (Å²) in [5.74, 6) is 2.49. The summed E-state index contributed by atoms with van der Waals surface area (Å²) in [7, 11) is 0. The quantitative estimate of drug-likeness (QED) is 0.793. The van der Waals surface area contributed by atoms with Gasteiger partial charge in [-0.3, -0.25) is 0 Å². The van der Waals surface area contributed by atoms with Gasteiger partial charge < -0.3 is 10.4 Å². The molecule has 2 aliphatic carbocycles. The second-order valence-electron chi connectivity index (χ2n) is 6.49. The Balaban J connectivity index is 1.73. The molecule has 0 aromatic rings. The zero-order valence-corrected chi connectivity index (χ0v) is 11.5. The molecule has 17 heavy (non-hydrogen) atoms. The maximum absolute atomic E-state index is 9.51. The van der Waals surface area contributed by atoms with Crippen molar-refractivity contribution in [3.05, 3.63) is 0 Å². The van der Waals surface area contributed by atoms with Gasteiger partial charge >= 0.3 is 0 Å². The van der Waals surface area contributed by atoms with Gasteiger partial charge in [0.15, 0.2) is 0 Å². The van der Waals surface area contributed by atoms with E-state index in [1.54, 1.807) is 0 Å². The molecule has 0 aromatic heterocycles. The molecule has 0 bridgehead atoms. The van der Waals surface area contributed by atoms with Crippen LogP contribution in [0.5, 0.6) is 0 Å². The van der Waals surface area contributed by atoms with Crippen molar-refractivity contribution < 1.29 is 5.11 Å². The maximum atomic E-state index is 9.51. The Bertz CT molecular complexity index is 213. The van der Waals surface area contributed by atoms with E-state index in [0.29, 0.717) is 0 Å². The van der Waals surface area contributed by atoms with E-state index >= 15 is 0 Å². The maximum Gasteiger partial charge on any atom is 0.0540 e. The summed E-state index contributed by atoms with van der Waals surface area (Å²) >= 11 is 0. The van der Waals surface area contributed by atoms with Crippen LogP contribution in [0.4, 0.5) is 0 Å². The molecule has 0 heterocycles. The van der Waals surface area contributed by atoms with Crippen LogP contribution in [0.25, 0.3) is 0 Å². The van der Waals surface area contributed by atoms with Crippen molar-refractivity contribution >= 4 is 0 Å². The van der Waals surface area contributed by atoms with Gasteiger partial charge in [-0.1, -0.05) is 20.3 Å². The highest BCUT2D eigenvalue weighted by atomic mass is 16.3. The Hall–Kier alpha value is -0.0800. The molecular formula is C15H29NO. The molecule has 0 aliphatic heterocycles. The molecule has 2 aliphatic rings. The molecule has 2 saturated carbocycles. The first-order valence-electron chi connectivity index (χ1n) is 7.58. The minimum Gasteiger partial charge on any atom is -0.393 e.